The van der Waals surface area contributed by atoms with Crippen LogP contribution in [0.2, 0.25) is 0 Å². The zero-order valence-electron chi connectivity index (χ0n) is 15.9. The van der Waals surface area contributed by atoms with E-state index >= 15 is 0 Å². The van der Waals surface area contributed by atoms with Crippen LogP contribution in [0, 0.1) is 23.7 Å². The fraction of sp³-hybridized carbons (Fsp3) is 0.800. The SMILES string of the molecule is CC(C)=C1[C@H]2CC[C@@H]1[C@H](C(=O)NC1CCN(C(C)C)CC1)[C@H]2C(=O)O. The molecule has 1 heterocycles. The van der Waals surface area contributed by atoms with Gasteiger partial charge in [0.05, 0.1) is 11.8 Å². The van der Waals surface area contributed by atoms with Crippen LogP contribution in [0.25, 0.3) is 0 Å². The minimum Gasteiger partial charge on any atom is -0.481 e. The predicted octanol–water partition coefficient (Wildman–Crippen LogP) is 2.67. The molecule has 3 fully saturated rings. The highest BCUT2D eigenvalue weighted by molar-refractivity contribution is 5.87. The van der Waals surface area contributed by atoms with Crippen molar-refractivity contribution in [2.75, 3.05) is 13.1 Å². The van der Waals surface area contributed by atoms with E-state index in [1.54, 1.807) is 0 Å². The van der Waals surface area contributed by atoms with E-state index in [4.69, 9.17) is 0 Å². The van der Waals surface area contributed by atoms with Crippen LogP contribution in [0.1, 0.15) is 53.4 Å². The number of carboxylic acid groups (broad SMARTS) is 1. The third-order valence-electron chi connectivity index (χ3n) is 6.61. The minimum absolute atomic E-state index is 0.0265. The lowest BCUT2D eigenvalue weighted by Crippen LogP contribution is -2.50. The summed E-state index contributed by atoms with van der Waals surface area (Å²) in [5.41, 5.74) is 2.46. The fourth-order valence-corrected chi connectivity index (χ4v) is 5.46. The van der Waals surface area contributed by atoms with Crippen molar-refractivity contribution in [2.24, 2.45) is 23.7 Å². The van der Waals surface area contributed by atoms with Gasteiger partial charge in [-0.1, -0.05) is 11.1 Å². The Labute approximate surface area is 150 Å². The number of amides is 1. The molecule has 0 spiro atoms. The van der Waals surface area contributed by atoms with Gasteiger partial charge in [0.25, 0.3) is 0 Å². The van der Waals surface area contributed by atoms with E-state index in [0.29, 0.717) is 6.04 Å². The fourth-order valence-electron chi connectivity index (χ4n) is 5.46. The number of fused-ring (bicyclic) bond motifs is 2. The van der Waals surface area contributed by atoms with Crippen LogP contribution < -0.4 is 5.32 Å². The number of rotatable bonds is 4. The van der Waals surface area contributed by atoms with E-state index in [-0.39, 0.29) is 29.7 Å². The highest BCUT2D eigenvalue weighted by Gasteiger charge is 2.57. The van der Waals surface area contributed by atoms with Crippen LogP contribution in [-0.4, -0.2) is 47.1 Å². The molecule has 0 aromatic heterocycles. The lowest BCUT2D eigenvalue weighted by atomic mass is 9.78. The number of allylic oxidation sites excluding steroid dienone is 2. The Morgan fingerprint density at radius 1 is 1.04 bits per heavy atom. The van der Waals surface area contributed by atoms with Crippen molar-refractivity contribution in [3.8, 4) is 0 Å². The largest absolute Gasteiger partial charge is 0.481 e. The smallest absolute Gasteiger partial charge is 0.307 e. The van der Waals surface area contributed by atoms with Crippen LogP contribution in [0.15, 0.2) is 11.1 Å². The van der Waals surface area contributed by atoms with Gasteiger partial charge in [0.15, 0.2) is 0 Å². The Balaban J connectivity index is 1.69. The van der Waals surface area contributed by atoms with Crippen LogP contribution in [0.4, 0.5) is 0 Å². The predicted molar refractivity (Wildman–Crippen MR) is 97.1 cm³/mol. The maximum Gasteiger partial charge on any atom is 0.307 e. The van der Waals surface area contributed by atoms with Crippen molar-refractivity contribution in [3.05, 3.63) is 11.1 Å². The molecule has 4 atom stereocenters. The van der Waals surface area contributed by atoms with Crippen LogP contribution >= 0.6 is 0 Å². The second-order valence-electron chi connectivity index (χ2n) is 8.55. The molecule has 2 aliphatic carbocycles. The Morgan fingerprint density at radius 3 is 2.08 bits per heavy atom. The van der Waals surface area contributed by atoms with Crippen molar-refractivity contribution in [1.29, 1.82) is 0 Å². The normalized spacial score (nSPS) is 33.1. The first-order chi connectivity index (χ1) is 11.8. The van der Waals surface area contributed by atoms with Gasteiger partial charge in [0, 0.05) is 25.2 Å². The van der Waals surface area contributed by atoms with E-state index in [0.717, 1.165) is 38.8 Å². The van der Waals surface area contributed by atoms with E-state index in [9.17, 15) is 14.7 Å². The van der Waals surface area contributed by atoms with Gasteiger partial charge in [-0.3, -0.25) is 9.59 Å². The number of nitrogens with zero attached hydrogens (tertiary/aromatic N) is 1. The topological polar surface area (TPSA) is 69.6 Å². The number of carbonyl (C=O) groups excluding carboxylic acids is 1. The summed E-state index contributed by atoms with van der Waals surface area (Å²) in [6.07, 6.45) is 3.79. The minimum atomic E-state index is -0.805. The first-order valence-electron chi connectivity index (χ1n) is 9.75. The van der Waals surface area contributed by atoms with Crippen molar-refractivity contribution >= 4 is 11.9 Å². The maximum atomic E-state index is 13.0. The quantitative estimate of drug-likeness (QED) is 0.767. The summed E-state index contributed by atoms with van der Waals surface area (Å²) in [5, 5.41) is 12.9. The Morgan fingerprint density at radius 2 is 1.60 bits per heavy atom. The van der Waals surface area contributed by atoms with Crippen LogP contribution in [-0.2, 0) is 9.59 Å². The number of aliphatic carboxylic acids is 1. The standard InChI is InChI=1S/C20H32N2O3/c1-11(2)16-14-5-6-15(16)18(20(24)25)17(14)19(23)21-13-7-9-22(10-8-13)12(3)4/h12-15,17-18H,5-10H2,1-4H3,(H,21,23)(H,24,25)/t14-,15+,17-,18-/m0/s1. The lowest BCUT2D eigenvalue weighted by Gasteiger charge is -2.36. The number of carbonyl (C=O) groups is 2. The molecule has 5 nitrogen and oxygen atoms in total. The molecule has 1 saturated heterocycles. The number of likely N-dealkylation sites (tertiary alicyclic amines) is 1. The Kier molecular flexibility index (Phi) is 5.24. The monoisotopic (exact) mass is 348 g/mol. The van der Waals surface area contributed by atoms with E-state index in [1.807, 2.05) is 0 Å². The van der Waals surface area contributed by atoms with Gasteiger partial charge in [-0.15, -0.1) is 0 Å². The van der Waals surface area contributed by atoms with Crippen molar-refractivity contribution in [3.63, 3.8) is 0 Å². The van der Waals surface area contributed by atoms with Gasteiger partial charge >= 0.3 is 5.97 Å². The third-order valence-corrected chi connectivity index (χ3v) is 6.61. The number of hydrogen-bond acceptors (Lipinski definition) is 3. The highest BCUT2D eigenvalue weighted by Crippen LogP contribution is 2.57. The van der Waals surface area contributed by atoms with E-state index < -0.39 is 11.9 Å². The zero-order valence-corrected chi connectivity index (χ0v) is 15.9. The van der Waals surface area contributed by atoms with Gasteiger partial charge < -0.3 is 15.3 Å². The molecule has 0 aromatic rings. The van der Waals surface area contributed by atoms with Gasteiger partial charge in [0.2, 0.25) is 5.91 Å². The molecule has 2 saturated carbocycles. The summed E-state index contributed by atoms with van der Waals surface area (Å²) in [5.74, 6) is -1.57. The number of carboxylic acids is 1. The van der Waals surface area contributed by atoms with Crippen LogP contribution in [0.5, 0.6) is 0 Å². The zero-order chi connectivity index (χ0) is 18.3. The van der Waals surface area contributed by atoms with Crippen molar-refractivity contribution < 1.29 is 14.7 Å². The molecule has 3 rings (SSSR count). The summed E-state index contributed by atoms with van der Waals surface area (Å²) in [4.78, 5) is 27.3. The average Bonchev–Trinajstić information content (AvgIpc) is 3.11. The molecular formula is C20H32N2O3. The molecule has 0 radical (unpaired) electrons. The van der Waals surface area contributed by atoms with Crippen molar-refractivity contribution in [2.45, 2.75) is 65.5 Å². The molecule has 3 aliphatic rings. The average molecular weight is 348 g/mol. The van der Waals surface area contributed by atoms with E-state index in [2.05, 4.69) is 37.9 Å². The van der Waals surface area contributed by atoms with Crippen molar-refractivity contribution in [1.82, 2.24) is 10.2 Å². The molecule has 1 aliphatic heterocycles. The Hall–Kier alpha value is -1.36. The summed E-state index contributed by atoms with van der Waals surface area (Å²) < 4.78 is 0. The maximum absolute atomic E-state index is 13.0. The van der Waals surface area contributed by atoms with E-state index in [1.165, 1.54) is 11.1 Å². The number of hydrogen-bond donors (Lipinski definition) is 2. The Bertz CT molecular complexity index is 571. The second kappa shape index (κ2) is 7.10. The molecule has 0 aromatic carbocycles. The number of nitrogens with one attached hydrogen (secondary N) is 1. The van der Waals surface area contributed by atoms with Gasteiger partial charge in [-0.05, 0) is 65.2 Å². The molecule has 2 bridgehead atoms. The molecule has 2 N–H and O–H groups in total. The second-order valence-corrected chi connectivity index (χ2v) is 8.55. The number of piperidine rings is 1. The molecular weight excluding hydrogens is 316 g/mol. The molecule has 140 valence electrons. The third kappa shape index (κ3) is 3.35. The van der Waals surface area contributed by atoms with Gasteiger partial charge in [0.1, 0.15) is 0 Å². The summed E-state index contributed by atoms with van der Waals surface area (Å²) in [6, 6.07) is 0.727. The molecule has 5 heteroatoms. The van der Waals surface area contributed by atoms with Crippen LogP contribution in [0.3, 0.4) is 0 Å². The van der Waals surface area contributed by atoms with Gasteiger partial charge in [-0.2, -0.15) is 0 Å². The highest BCUT2D eigenvalue weighted by atomic mass is 16.4. The molecule has 25 heavy (non-hydrogen) atoms. The summed E-state index contributed by atoms with van der Waals surface area (Å²) in [7, 11) is 0. The molecule has 1 amide bonds. The molecule has 0 unspecified atom stereocenters. The summed E-state index contributed by atoms with van der Waals surface area (Å²) in [6.45, 7) is 10.5. The lowest BCUT2D eigenvalue weighted by molar-refractivity contribution is -0.149. The first-order valence-corrected chi connectivity index (χ1v) is 9.75. The first kappa shape index (κ1) is 18.4. The van der Waals surface area contributed by atoms with Gasteiger partial charge in [-0.25, -0.2) is 0 Å². The summed E-state index contributed by atoms with van der Waals surface area (Å²) >= 11 is 0.